The standard InChI is InChI=1S/C23H40N2O2/c1-19(2)22(26)13-12-21-10-7-15-25(21)17-23(3,4)18-27-16-8-11-20-9-6-14-24(20)5/h8,11-13,19-21H,6-7,9-10,14-18H2,1-5H3/b11-8+,13-12+/t20-,21+/m0/s1. The molecule has 0 amide bonds. The fourth-order valence-electron chi connectivity index (χ4n) is 4.06. The Labute approximate surface area is 166 Å². The van der Waals surface area contributed by atoms with E-state index in [1.54, 1.807) is 6.08 Å². The van der Waals surface area contributed by atoms with Crippen LogP contribution in [0.1, 0.15) is 53.4 Å². The van der Waals surface area contributed by atoms with Crippen LogP contribution < -0.4 is 0 Å². The first-order valence-electron chi connectivity index (χ1n) is 10.7. The molecule has 4 nitrogen and oxygen atoms in total. The lowest BCUT2D eigenvalue weighted by molar-refractivity contribution is -0.117. The van der Waals surface area contributed by atoms with Crippen molar-refractivity contribution in [1.29, 1.82) is 0 Å². The van der Waals surface area contributed by atoms with Crippen molar-refractivity contribution < 1.29 is 9.53 Å². The van der Waals surface area contributed by atoms with E-state index in [0.717, 1.165) is 26.1 Å². The Morgan fingerprint density at radius 1 is 1.15 bits per heavy atom. The highest BCUT2D eigenvalue weighted by Gasteiger charge is 2.29. The minimum absolute atomic E-state index is 0.0815. The summed E-state index contributed by atoms with van der Waals surface area (Å²) >= 11 is 0. The van der Waals surface area contributed by atoms with Gasteiger partial charge in [0.05, 0.1) is 13.2 Å². The molecule has 0 N–H and O–H groups in total. The van der Waals surface area contributed by atoms with Crippen LogP contribution >= 0.6 is 0 Å². The highest BCUT2D eigenvalue weighted by molar-refractivity contribution is 5.91. The van der Waals surface area contributed by atoms with E-state index in [0.29, 0.717) is 18.7 Å². The van der Waals surface area contributed by atoms with Gasteiger partial charge in [0.1, 0.15) is 0 Å². The van der Waals surface area contributed by atoms with Gasteiger partial charge in [0.25, 0.3) is 0 Å². The maximum Gasteiger partial charge on any atom is 0.157 e. The summed E-state index contributed by atoms with van der Waals surface area (Å²) in [5.41, 5.74) is 0.108. The topological polar surface area (TPSA) is 32.8 Å². The molecule has 0 unspecified atom stereocenters. The molecule has 4 heteroatoms. The van der Waals surface area contributed by atoms with E-state index in [9.17, 15) is 4.79 Å². The predicted molar refractivity (Wildman–Crippen MR) is 113 cm³/mol. The first-order chi connectivity index (χ1) is 12.8. The molecule has 0 saturated carbocycles. The summed E-state index contributed by atoms with van der Waals surface area (Å²) in [5, 5.41) is 0. The van der Waals surface area contributed by atoms with Crippen molar-refractivity contribution in [2.45, 2.75) is 65.5 Å². The second kappa shape index (κ2) is 10.5. The lowest BCUT2D eigenvalue weighted by Gasteiger charge is -2.32. The van der Waals surface area contributed by atoms with Crippen LogP contribution in [0, 0.1) is 11.3 Å². The summed E-state index contributed by atoms with van der Waals surface area (Å²) in [5.74, 6) is 0.308. The fraction of sp³-hybridized carbons (Fsp3) is 0.783. The minimum atomic E-state index is 0.0815. The molecule has 0 aliphatic carbocycles. The summed E-state index contributed by atoms with van der Waals surface area (Å²) in [6.45, 7) is 13.2. The molecular formula is C23H40N2O2. The Kier molecular flexibility index (Phi) is 8.71. The molecule has 2 saturated heterocycles. The highest BCUT2D eigenvalue weighted by Crippen LogP contribution is 2.25. The molecule has 2 aliphatic rings. The number of rotatable bonds is 10. The smallest absolute Gasteiger partial charge is 0.157 e. The van der Waals surface area contributed by atoms with Crippen LogP contribution in [0.3, 0.4) is 0 Å². The van der Waals surface area contributed by atoms with E-state index < -0.39 is 0 Å². The predicted octanol–water partition coefficient (Wildman–Crippen LogP) is 3.93. The summed E-state index contributed by atoms with van der Waals surface area (Å²) < 4.78 is 5.96. The van der Waals surface area contributed by atoms with Gasteiger partial charge in [-0.3, -0.25) is 14.6 Å². The van der Waals surface area contributed by atoms with E-state index in [4.69, 9.17) is 4.74 Å². The van der Waals surface area contributed by atoms with Crippen molar-refractivity contribution in [3.63, 3.8) is 0 Å². The largest absolute Gasteiger partial charge is 0.377 e. The van der Waals surface area contributed by atoms with E-state index >= 15 is 0 Å². The first-order valence-corrected chi connectivity index (χ1v) is 10.7. The number of allylic oxidation sites excluding steroid dienone is 1. The number of carbonyl (C=O) groups is 1. The van der Waals surface area contributed by atoms with Gasteiger partial charge < -0.3 is 4.74 Å². The zero-order valence-electron chi connectivity index (χ0n) is 18.1. The van der Waals surface area contributed by atoms with Gasteiger partial charge in [0.2, 0.25) is 0 Å². The summed E-state index contributed by atoms with van der Waals surface area (Å²) in [4.78, 5) is 16.8. The van der Waals surface area contributed by atoms with Crippen molar-refractivity contribution >= 4 is 5.78 Å². The first kappa shape index (κ1) is 22.3. The van der Waals surface area contributed by atoms with Gasteiger partial charge in [0.15, 0.2) is 5.78 Å². The minimum Gasteiger partial charge on any atom is -0.377 e. The lowest BCUT2D eigenvalue weighted by Crippen LogP contribution is -2.39. The average molecular weight is 377 g/mol. The Balaban J connectivity index is 1.73. The van der Waals surface area contributed by atoms with Crippen LogP contribution in [0.5, 0.6) is 0 Å². The number of nitrogens with zero attached hydrogens (tertiary/aromatic N) is 2. The molecule has 2 aliphatic heterocycles. The number of hydrogen-bond donors (Lipinski definition) is 0. The van der Waals surface area contributed by atoms with Crippen LogP contribution in [-0.2, 0) is 9.53 Å². The van der Waals surface area contributed by atoms with Gasteiger partial charge in [0, 0.05) is 30.0 Å². The maximum atomic E-state index is 11.9. The van der Waals surface area contributed by atoms with Gasteiger partial charge in [-0.2, -0.15) is 0 Å². The zero-order chi connectivity index (χ0) is 19.9. The Morgan fingerprint density at radius 2 is 1.85 bits per heavy atom. The van der Waals surface area contributed by atoms with Crippen molar-refractivity contribution in [1.82, 2.24) is 9.80 Å². The molecule has 2 rings (SSSR count). The summed E-state index contributed by atoms with van der Waals surface area (Å²) in [6, 6.07) is 0.983. The van der Waals surface area contributed by atoms with Gasteiger partial charge >= 0.3 is 0 Å². The fourth-order valence-corrected chi connectivity index (χ4v) is 4.06. The second-order valence-corrected chi connectivity index (χ2v) is 9.39. The number of likely N-dealkylation sites (N-methyl/N-ethyl adjacent to an activating group) is 1. The third kappa shape index (κ3) is 7.52. The molecule has 0 spiro atoms. The molecule has 2 atom stereocenters. The summed E-state index contributed by atoms with van der Waals surface area (Å²) in [7, 11) is 2.20. The quantitative estimate of drug-likeness (QED) is 0.329. The van der Waals surface area contributed by atoms with Crippen molar-refractivity contribution in [3.8, 4) is 0 Å². The SMILES string of the molecule is CC(C)C(=O)/C=C/[C@H]1CCCN1CC(C)(C)COC/C=C/[C@@H]1CCCN1C. The maximum absolute atomic E-state index is 11.9. The Bertz CT molecular complexity index is 524. The Hall–Kier alpha value is -0.970. The second-order valence-electron chi connectivity index (χ2n) is 9.39. The molecule has 2 heterocycles. The van der Waals surface area contributed by atoms with Gasteiger partial charge in [-0.25, -0.2) is 0 Å². The van der Waals surface area contributed by atoms with Gasteiger partial charge in [-0.1, -0.05) is 45.9 Å². The van der Waals surface area contributed by atoms with Crippen LogP contribution in [0.25, 0.3) is 0 Å². The molecule has 0 aromatic heterocycles. The summed E-state index contributed by atoms with van der Waals surface area (Å²) in [6.07, 6.45) is 13.3. The van der Waals surface area contributed by atoms with Crippen molar-refractivity contribution in [3.05, 3.63) is 24.3 Å². The van der Waals surface area contributed by atoms with E-state index in [1.165, 1.54) is 25.8 Å². The molecule has 0 aromatic rings. The third-order valence-electron chi connectivity index (χ3n) is 5.74. The molecule has 27 heavy (non-hydrogen) atoms. The van der Waals surface area contributed by atoms with E-state index in [2.05, 4.69) is 48.9 Å². The van der Waals surface area contributed by atoms with Gasteiger partial charge in [-0.05, 0) is 51.9 Å². The van der Waals surface area contributed by atoms with E-state index in [1.807, 2.05) is 13.8 Å². The van der Waals surface area contributed by atoms with Gasteiger partial charge in [-0.15, -0.1) is 0 Å². The average Bonchev–Trinajstić information content (AvgIpc) is 3.20. The zero-order valence-corrected chi connectivity index (χ0v) is 18.1. The number of ketones is 1. The molecule has 154 valence electrons. The number of hydrogen-bond acceptors (Lipinski definition) is 4. The van der Waals surface area contributed by atoms with E-state index in [-0.39, 0.29) is 17.1 Å². The molecular weight excluding hydrogens is 336 g/mol. The number of carbonyl (C=O) groups excluding carboxylic acids is 1. The molecule has 0 bridgehead atoms. The third-order valence-corrected chi connectivity index (χ3v) is 5.74. The molecule has 0 aromatic carbocycles. The highest BCUT2D eigenvalue weighted by atomic mass is 16.5. The lowest BCUT2D eigenvalue weighted by atomic mass is 9.93. The van der Waals surface area contributed by atoms with Crippen molar-refractivity contribution in [2.24, 2.45) is 11.3 Å². The van der Waals surface area contributed by atoms with Crippen molar-refractivity contribution in [2.75, 3.05) is 39.9 Å². The van der Waals surface area contributed by atoms with Crippen LogP contribution in [0.15, 0.2) is 24.3 Å². The normalized spacial score (nSPS) is 25.6. The van der Waals surface area contributed by atoms with Crippen LogP contribution in [-0.4, -0.2) is 67.6 Å². The molecule has 0 radical (unpaired) electrons. The number of likely N-dealkylation sites (tertiary alicyclic amines) is 2. The number of ether oxygens (including phenoxy) is 1. The van der Waals surface area contributed by atoms with Crippen LogP contribution in [0.2, 0.25) is 0 Å². The van der Waals surface area contributed by atoms with Crippen LogP contribution in [0.4, 0.5) is 0 Å². The monoisotopic (exact) mass is 376 g/mol. The molecule has 2 fully saturated rings. The Morgan fingerprint density at radius 3 is 2.52 bits per heavy atom.